The molecule has 0 aliphatic carbocycles. The Morgan fingerprint density at radius 3 is 1.89 bits per heavy atom. The zero-order chi connectivity index (χ0) is 20.5. The van der Waals surface area contributed by atoms with Gasteiger partial charge in [-0.15, -0.1) is 0 Å². The summed E-state index contributed by atoms with van der Waals surface area (Å²) in [5, 5.41) is 0. The molecule has 1 fully saturated rings. The van der Waals surface area contributed by atoms with E-state index < -0.39 is 25.9 Å². The van der Waals surface area contributed by atoms with Gasteiger partial charge < -0.3 is 0 Å². The van der Waals surface area contributed by atoms with Crippen molar-refractivity contribution in [2.45, 2.75) is 55.0 Å². The van der Waals surface area contributed by atoms with Crippen LogP contribution >= 0.6 is 0 Å². The third kappa shape index (κ3) is 4.21. The molecule has 9 heteroatoms. The smallest absolute Gasteiger partial charge is 0.261 e. The van der Waals surface area contributed by atoms with Gasteiger partial charge in [-0.25, -0.2) is 21.2 Å². The zero-order valence-electron chi connectivity index (χ0n) is 15.7. The van der Waals surface area contributed by atoms with Gasteiger partial charge in [0.25, 0.3) is 10.0 Å². The lowest BCUT2D eigenvalue weighted by molar-refractivity contribution is 0.204. The van der Waals surface area contributed by atoms with Crippen LogP contribution < -0.4 is 4.72 Å². The lowest BCUT2D eigenvalue weighted by atomic mass is 10.0. The summed E-state index contributed by atoms with van der Waals surface area (Å²) in [6, 6.07) is 9.90. The number of benzene rings is 2. The minimum absolute atomic E-state index is 0.0783. The van der Waals surface area contributed by atoms with Crippen molar-refractivity contribution in [2.75, 3.05) is 4.72 Å². The molecule has 0 radical (unpaired) electrons. The normalized spacial score (nSPS) is 21.4. The summed E-state index contributed by atoms with van der Waals surface area (Å²) in [7, 11) is -7.56. The van der Waals surface area contributed by atoms with E-state index in [2.05, 4.69) is 4.72 Å². The monoisotopic (exact) mass is 426 g/mol. The molecule has 1 heterocycles. The molecule has 2 atom stereocenters. The van der Waals surface area contributed by atoms with Crippen molar-refractivity contribution in [3.63, 3.8) is 0 Å². The van der Waals surface area contributed by atoms with Crippen LogP contribution in [-0.2, 0) is 20.0 Å². The van der Waals surface area contributed by atoms with Crippen LogP contribution in [0, 0.1) is 5.82 Å². The molecule has 1 N–H and O–H groups in total. The van der Waals surface area contributed by atoms with Crippen LogP contribution in [0.4, 0.5) is 10.1 Å². The van der Waals surface area contributed by atoms with Crippen LogP contribution in [0.15, 0.2) is 58.3 Å². The summed E-state index contributed by atoms with van der Waals surface area (Å²) >= 11 is 0. The number of sulfonamides is 2. The molecule has 0 saturated carbocycles. The Bertz CT molecular complexity index is 1030. The molecule has 28 heavy (non-hydrogen) atoms. The summed E-state index contributed by atoms with van der Waals surface area (Å²) < 4.78 is 67.7. The number of anilines is 1. The van der Waals surface area contributed by atoms with Crippen LogP contribution in [0.3, 0.4) is 0 Å². The van der Waals surface area contributed by atoms with Crippen molar-refractivity contribution in [2.24, 2.45) is 0 Å². The van der Waals surface area contributed by atoms with E-state index in [0.29, 0.717) is 0 Å². The molecule has 0 spiro atoms. The molecule has 6 nitrogen and oxygen atoms in total. The van der Waals surface area contributed by atoms with E-state index in [4.69, 9.17) is 0 Å². The Balaban J connectivity index is 1.82. The second-order valence-electron chi connectivity index (χ2n) is 7.05. The lowest BCUT2D eigenvalue weighted by Gasteiger charge is -2.37. The fraction of sp³-hybridized carbons (Fsp3) is 0.368. The minimum atomic E-state index is -3.89. The summed E-state index contributed by atoms with van der Waals surface area (Å²) in [5.41, 5.74) is 0.225. The highest BCUT2D eigenvalue weighted by molar-refractivity contribution is 7.92. The van der Waals surface area contributed by atoms with Gasteiger partial charge in [-0.05, 0) is 75.2 Å². The number of hydrogen-bond donors (Lipinski definition) is 1. The number of halogens is 1. The molecular weight excluding hydrogens is 403 g/mol. The predicted molar refractivity (Wildman–Crippen MR) is 105 cm³/mol. The quantitative estimate of drug-likeness (QED) is 0.792. The Morgan fingerprint density at radius 1 is 0.857 bits per heavy atom. The van der Waals surface area contributed by atoms with Crippen molar-refractivity contribution < 1.29 is 21.2 Å². The Morgan fingerprint density at radius 2 is 1.36 bits per heavy atom. The summed E-state index contributed by atoms with van der Waals surface area (Å²) in [6.07, 6.45) is 2.64. The molecule has 2 unspecified atom stereocenters. The topological polar surface area (TPSA) is 83.6 Å². The molecule has 3 rings (SSSR count). The largest absolute Gasteiger partial charge is 0.280 e. The first-order valence-electron chi connectivity index (χ1n) is 9.03. The van der Waals surface area contributed by atoms with E-state index in [-0.39, 0.29) is 27.6 Å². The number of rotatable bonds is 5. The molecule has 1 saturated heterocycles. The standard InChI is InChI=1S/C19H23FN2O4S2/c1-14-4-3-5-15(2)22(14)28(25,26)19-12-8-17(9-13-19)21-27(23,24)18-10-6-16(20)7-11-18/h6-15,21H,3-5H2,1-2H3. The third-order valence-electron chi connectivity index (χ3n) is 4.92. The molecule has 2 aromatic rings. The molecule has 0 amide bonds. The average molecular weight is 427 g/mol. The maximum atomic E-state index is 13.0. The van der Waals surface area contributed by atoms with E-state index in [1.165, 1.54) is 28.6 Å². The van der Waals surface area contributed by atoms with Gasteiger partial charge in [-0.1, -0.05) is 6.42 Å². The Labute approximate surface area is 165 Å². The SMILES string of the molecule is CC1CCCC(C)N1S(=O)(=O)c1ccc(NS(=O)(=O)c2ccc(F)cc2)cc1. The van der Waals surface area contributed by atoms with Crippen LogP contribution in [-0.4, -0.2) is 33.2 Å². The van der Waals surface area contributed by atoms with E-state index in [0.717, 1.165) is 43.5 Å². The van der Waals surface area contributed by atoms with Crippen LogP contribution in [0.1, 0.15) is 33.1 Å². The van der Waals surface area contributed by atoms with Crippen LogP contribution in [0.25, 0.3) is 0 Å². The predicted octanol–water partition coefficient (Wildman–Crippen LogP) is 3.58. The van der Waals surface area contributed by atoms with Crippen molar-refractivity contribution >= 4 is 25.7 Å². The van der Waals surface area contributed by atoms with E-state index in [1.54, 1.807) is 0 Å². The first-order valence-corrected chi connectivity index (χ1v) is 12.0. The summed E-state index contributed by atoms with van der Waals surface area (Å²) in [6.45, 7) is 3.80. The van der Waals surface area contributed by atoms with Gasteiger partial charge in [0, 0.05) is 17.8 Å². The Kier molecular flexibility index (Phi) is 5.79. The number of nitrogens with one attached hydrogen (secondary N) is 1. The van der Waals surface area contributed by atoms with Gasteiger partial charge in [-0.2, -0.15) is 4.31 Å². The van der Waals surface area contributed by atoms with Gasteiger partial charge in [0.1, 0.15) is 5.82 Å². The molecule has 0 aromatic heterocycles. The van der Waals surface area contributed by atoms with Gasteiger partial charge >= 0.3 is 0 Å². The summed E-state index contributed by atoms with van der Waals surface area (Å²) in [5.74, 6) is -0.533. The van der Waals surface area contributed by atoms with Gasteiger partial charge in [0.05, 0.1) is 9.79 Å². The second-order valence-corrected chi connectivity index (χ2v) is 10.6. The van der Waals surface area contributed by atoms with Crippen molar-refractivity contribution in [3.05, 3.63) is 54.3 Å². The molecule has 2 aromatic carbocycles. The molecule has 152 valence electrons. The van der Waals surface area contributed by atoms with Gasteiger partial charge in [0.15, 0.2) is 0 Å². The molecule has 1 aliphatic rings. The molecule has 1 aliphatic heterocycles. The maximum absolute atomic E-state index is 13.0. The second kappa shape index (κ2) is 7.81. The fourth-order valence-corrected chi connectivity index (χ4v) is 6.46. The third-order valence-corrected chi connectivity index (χ3v) is 8.46. The highest BCUT2D eigenvalue weighted by Crippen LogP contribution is 2.30. The van der Waals surface area contributed by atoms with Crippen molar-refractivity contribution in [1.29, 1.82) is 0 Å². The van der Waals surface area contributed by atoms with E-state index in [9.17, 15) is 21.2 Å². The van der Waals surface area contributed by atoms with E-state index in [1.807, 2.05) is 13.8 Å². The Hall–Kier alpha value is -1.97. The van der Waals surface area contributed by atoms with Crippen LogP contribution in [0.5, 0.6) is 0 Å². The van der Waals surface area contributed by atoms with Gasteiger partial charge in [0.2, 0.25) is 10.0 Å². The number of nitrogens with zero attached hydrogens (tertiary/aromatic N) is 1. The summed E-state index contributed by atoms with van der Waals surface area (Å²) in [4.78, 5) is 0.0411. The van der Waals surface area contributed by atoms with Crippen LogP contribution in [0.2, 0.25) is 0 Å². The highest BCUT2D eigenvalue weighted by Gasteiger charge is 2.35. The van der Waals surface area contributed by atoms with Crippen molar-refractivity contribution in [3.8, 4) is 0 Å². The fourth-order valence-electron chi connectivity index (χ4n) is 3.52. The lowest BCUT2D eigenvalue weighted by Crippen LogP contribution is -2.47. The number of hydrogen-bond acceptors (Lipinski definition) is 4. The maximum Gasteiger partial charge on any atom is 0.261 e. The molecule has 0 bridgehead atoms. The zero-order valence-corrected chi connectivity index (χ0v) is 17.3. The number of piperidine rings is 1. The van der Waals surface area contributed by atoms with Crippen molar-refractivity contribution in [1.82, 2.24) is 4.31 Å². The van der Waals surface area contributed by atoms with Gasteiger partial charge in [-0.3, -0.25) is 4.72 Å². The first-order chi connectivity index (χ1) is 13.1. The minimum Gasteiger partial charge on any atom is -0.280 e. The highest BCUT2D eigenvalue weighted by atomic mass is 32.2. The first kappa shape index (κ1) is 20.8. The molecular formula is C19H23FN2O4S2. The average Bonchev–Trinajstić information content (AvgIpc) is 2.62. The van der Waals surface area contributed by atoms with E-state index >= 15 is 0 Å².